The third-order valence-electron chi connectivity index (χ3n) is 9.40. The molecule has 9 rings (SSSR count). The highest BCUT2D eigenvalue weighted by molar-refractivity contribution is 7.99. The second-order valence-electron chi connectivity index (χ2n) is 12.5. The molecule has 4 aromatic carbocycles. The van der Waals surface area contributed by atoms with Gasteiger partial charge in [0.15, 0.2) is 0 Å². The summed E-state index contributed by atoms with van der Waals surface area (Å²) in [5.41, 5.74) is 13.7. The Bertz CT molecular complexity index is 2640. The van der Waals surface area contributed by atoms with Crippen LogP contribution in [0.2, 0.25) is 0 Å². The highest BCUT2D eigenvalue weighted by Crippen LogP contribution is 2.42. The summed E-state index contributed by atoms with van der Waals surface area (Å²) in [7, 11) is 0. The summed E-state index contributed by atoms with van der Waals surface area (Å²) >= 11 is 1.81. The smallest absolute Gasteiger partial charge is 0.0709 e. The molecule has 0 saturated carbocycles. The maximum absolute atomic E-state index is 4.75. The Morgan fingerprint density at radius 2 is 1.14 bits per heavy atom. The van der Waals surface area contributed by atoms with Gasteiger partial charge in [0.05, 0.1) is 28.1 Å². The van der Waals surface area contributed by atoms with E-state index in [2.05, 4.69) is 131 Å². The van der Waals surface area contributed by atoms with Crippen LogP contribution in [0.15, 0.2) is 182 Å². The van der Waals surface area contributed by atoms with Crippen LogP contribution in [-0.4, -0.2) is 25.3 Å². The minimum Gasteiger partial charge on any atom is -0.309 e. The van der Waals surface area contributed by atoms with Gasteiger partial charge in [-0.05, 0) is 101 Å². The molecule has 0 spiro atoms. The van der Waals surface area contributed by atoms with E-state index in [1.54, 1.807) is 0 Å². The average Bonchev–Trinajstić information content (AvgIpc) is 3.56. The fraction of sp³-hybridized carbons (Fsp3) is 0.0217. The van der Waals surface area contributed by atoms with Gasteiger partial charge in [-0.3, -0.25) is 15.0 Å². The summed E-state index contributed by atoms with van der Waals surface area (Å²) in [5, 5.41) is 2.41. The van der Waals surface area contributed by atoms with Crippen molar-refractivity contribution < 1.29 is 0 Å². The van der Waals surface area contributed by atoms with Crippen molar-refractivity contribution in [1.29, 1.82) is 0 Å². The van der Waals surface area contributed by atoms with E-state index in [9.17, 15) is 0 Å². The minimum atomic E-state index is 0.813. The van der Waals surface area contributed by atoms with Crippen LogP contribution >= 0.6 is 11.8 Å². The van der Waals surface area contributed by atoms with Gasteiger partial charge in [-0.1, -0.05) is 79.4 Å². The molecular weight excluding hydrogens is 641 g/mol. The number of para-hydroxylation sites is 1. The Morgan fingerprint density at radius 3 is 1.84 bits per heavy atom. The van der Waals surface area contributed by atoms with Crippen molar-refractivity contribution in [2.24, 2.45) is 0 Å². The lowest BCUT2D eigenvalue weighted by Crippen LogP contribution is -1.97. The zero-order valence-corrected chi connectivity index (χ0v) is 28.6. The maximum Gasteiger partial charge on any atom is 0.0709 e. The topological polar surface area (TPSA) is 43.6 Å². The van der Waals surface area contributed by atoms with Gasteiger partial charge >= 0.3 is 0 Å². The average molecular weight is 673 g/mol. The summed E-state index contributed by atoms with van der Waals surface area (Å²) in [6.07, 6.45) is 12.3. The molecule has 0 atom stereocenters. The third kappa shape index (κ3) is 5.68. The fourth-order valence-electron chi connectivity index (χ4n) is 7.07. The van der Waals surface area contributed by atoms with E-state index in [-0.39, 0.29) is 0 Å². The molecule has 0 saturated heterocycles. The number of rotatable bonds is 5. The highest BCUT2D eigenvalue weighted by atomic mass is 32.2. The molecule has 0 radical (unpaired) electrons. The Hall–Kier alpha value is -6.30. The zero-order chi connectivity index (χ0) is 34.1. The molecular formula is C46H32N4S. The lowest BCUT2D eigenvalue weighted by molar-refractivity contribution is 1.24. The third-order valence-corrected chi connectivity index (χ3v) is 10.4. The van der Waals surface area contributed by atoms with Gasteiger partial charge < -0.3 is 4.57 Å². The molecule has 0 bridgehead atoms. The van der Waals surface area contributed by atoms with Crippen LogP contribution in [0.4, 0.5) is 0 Å². The summed E-state index contributed by atoms with van der Waals surface area (Å²) in [6.45, 7) is 4.67. The Kier molecular flexibility index (Phi) is 7.95. The van der Waals surface area contributed by atoms with Gasteiger partial charge in [0.25, 0.3) is 0 Å². The van der Waals surface area contributed by atoms with Gasteiger partial charge in [0, 0.05) is 62.4 Å². The number of aromatic nitrogens is 4. The van der Waals surface area contributed by atoms with Crippen LogP contribution in [0.3, 0.4) is 0 Å². The molecule has 5 heterocycles. The largest absolute Gasteiger partial charge is 0.309 e. The van der Waals surface area contributed by atoms with Crippen molar-refractivity contribution in [1.82, 2.24) is 19.5 Å². The number of thioether (sulfide) groups is 1. The summed E-state index contributed by atoms with van der Waals surface area (Å²) < 4.78 is 2.37. The Balaban J connectivity index is 1.20. The highest BCUT2D eigenvalue weighted by Gasteiger charge is 2.19. The lowest BCUT2D eigenvalue weighted by Gasteiger charge is -2.16. The maximum atomic E-state index is 4.75. The molecule has 242 valence electrons. The van der Waals surface area contributed by atoms with Crippen LogP contribution in [0.25, 0.3) is 78.0 Å². The molecule has 0 unspecified atom stereocenters. The van der Waals surface area contributed by atoms with Crippen LogP contribution in [-0.2, 0) is 0 Å². The molecule has 1 aliphatic heterocycles. The second kappa shape index (κ2) is 13.2. The standard InChI is InChI=1S/C46H32N4S/c1-31-27-33(13-12-26-51-46-30-39(43-19-8-11-25-49-43)38(29-37(31)46)42-18-7-10-24-48-42)50-44-20-5-4-16-36(44)40-28-32(21-22-45(40)50)34-14-2-3-15-35(34)41-17-6-9-23-47-41/h2-25,27-30H,1,26H2/b13-12-,33-27+. The fourth-order valence-corrected chi connectivity index (χ4v) is 7.99. The van der Waals surface area contributed by atoms with Gasteiger partial charge in [-0.15, -0.1) is 11.8 Å². The van der Waals surface area contributed by atoms with Crippen molar-refractivity contribution in [3.05, 3.63) is 182 Å². The zero-order valence-electron chi connectivity index (χ0n) is 27.8. The monoisotopic (exact) mass is 672 g/mol. The minimum absolute atomic E-state index is 0.813. The van der Waals surface area contributed by atoms with E-state index < -0.39 is 0 Å². The van der Waals surface area contributed by atoms with Crippen LogP contribution in [0.1, 0.15) is 5.56 Å². The van der Waals surface area contributed by atoms with Gasteiger partial charge in [0.1, 0.15) is 0 Å². The molecule has 0 amide bonds. The molecule has 4 nitrogen and oxygen atoms in total. The predicted molar refractivity (Wildman–Crippen MR) is 214 cm³/mol. The van der Waals surface area contributed by atoms with Crippen molar-refractivity contribution in [2.45, 2.75) is 4.90 Å². The number of fused-ring (bicyclic) bond motifs is 4. The van der Waals surface area contributed by atoms with Gasteiger partial charge in [-0.25, -0.2) is 0 Å². The molecule has 0 aliphatic carbocycles. The molecule has 1 aliphatic rings. The quantitative estimate of drug-likeness (QED) is 0.182. The second-order valence-corrected chi connectivity index (χ2v) is 13.5. The number of allylic oxidation sites excluding steroid dienone is 4. The molecule has 0 N–H and O–H groups in total. The molecule has 51 heavy (non-hydrogen) atoms. The molecule has 0 fully saturated rings. The summed E-state index contributed by atoms with van der Waals surface area (Å²) in [5.74, 6) is 0.813. The van der Waals surface area contributed by atoms with Crippen molar-refractivity contribution in [3.63, 3.8) is 0 Å². The van der Waals surface area contributed by atoms with Crippen molar-refractivity contribution in [3.8, 4) is 44.9 Å². The van der Waals surface area contributed by atoms with Gasteiger partial charge in [0.2, 0.25) is 0 Å². The first-order valence-electron chi connectivity index (χ1n) is 17.0. The normalized spacial score (nSPS) is 14.7. The van der Waals surface area contributed by atoms with Crippen LogP contribution < -0.4 is 0 Å². The Labute approximate surface area is 301 Å². The first kappa shape index (κ1) is 30.7. The van der Waals surface area contributed by atoms with Gasteiger partial charge in [-0.2, -0.15) is 0 Å². The summed E-state index contributed by atoms with van der Waals surface area (Å²) in [6, 6.07) is 46.7. The number of hydrogen-bond acceptors (Lipinski definition) is 4. The van der Waals surface area contributed by atoms with Crippen LogP contribution in [0, 0.1) is 0 Å². The van der Waals surface area contributed by atoms with E-state index in [1.165, 1.54) is 15.7 Å². The first-order chi connectivity index (χ1) is 25.2. The van der Waals surface area contributed by atoms with E-state index in [0.29, 0.717) is 0 Å². The van der Waals surface area contributed by atoms with E-state index in [1.807, 2.05) is 66.8 Å². The van der Waals surface area contributed by atoms with E-state index in [0.717, 1.165) is 78.5 Å². The molecule has 4 aromatic heterocycles. The van der Waals surface area contributed by atoms with E-state index >= 15 is 0 Å². The number of nitrogens with zero attached hydrogens (tertiary/aromatic N) is 4. The number of pyridine rings is 3. The van der Waals surface area contributed by atoms with Crippen LogP contribution in [0.5, 0.6) is 0 Å². The predicted octanol–water partition coefficient (Wildman–Crippen LogP) is 11.9. The van der Waals surface area contributed by atoms with E-state index in [4.69, 9.17) is 9.97 Å². The van der Waals surface area contributed by atoms with Crippen molar-refractivity contribution >= 4 is 44.8 Å². The summed E-state index contributed by atoms with van der Waals surface area (Å²) in [4.78, 5) is 15.3. The Morgan fingerprint density at radius 1 is 0.529 bits per heavy atom. The SMILES string of the molecule is C=C1/C=C(n2c3ccccc3c3cc(-c4ccccc4-c4ccccn4)ccc32)\C=C/CSc2cc(-c3ccccn3)c(-c3ccccn3)cc21. The number of hydrogen-bond donors (Lipinski definition) is 0. The number of benzene rings is 4. The van der Waals surface area contributed by atoms with Crippen molar-refractivity contribution in [2.75, 3.05) is 5.75 Å². The molecule has 8 aromatic rings. The lowest BCUT2D eigenvalue weighted by atomic mass is 9.95. The molecule has 5 heteroatoms. The first-order valence-corrected chi connectivity index (χ1v) is 18.0.